The molecule has 0 nitrogen and oxygen atoms in total. The summed E-state index contributed by atoms with van der Waals surface area (Å²) in [7, 11) is 7.15. The quantitative estimate of drug-likeness (QED) is 0.193. The van der Waals surface area contributed by atoms with E-state index in [4.69, 9.17) is 17.0 Å². The van der Waals surface area contributed by atoms with Gasteiger partial charge < -0.3 is 14.9 Å². The second-order valence-corrected chi connectivity index (χ2v) is 36.3. The van der Waals surface area contributed by atoms with Crippen molar-refractivity contribution in [1.82, 2.24) is 0 Å². The van der Waals surface area contributed by atoms with E-state index >= 15 is 0 Å². The summed E-state index contributed by atoms with van der Waals surface area (Å²) in [6, 6.07) is 11.9. The van der Waals surface area contributed by atoms with Crippen LogP contribution < -0.4 is 0 Å². The van der Waals surface area contributed by atoms with Crippen LogP contribution in [-0.4, -0.2) is 15.2 Å². The fourth-order valence-corrected chi connectivity index (χ4v) is 26.8. The number of fused-ring (bicyclic) bond motifs is 3. The van der Waals surface area contributed by atoms with Crippen LogP contribution in [0.15, 0.2) is 30.3 Å². The summed E-state index contributed by atoms with van der Waals surface area (Å²) in [5.41, 5.74) is 3.95. The van der Waals surface area contributed by atoms with Crippen molar-refractivity contribution in [3.63, 3.8) is 0 Å². The predicted molar refractivity (Wildman–Crippen MR) is 195 cm³/mol. The molecule has 11 atom stereocenters. The van der Waals surface area contributed by atoms with Crippen molar-refractivity contribution in [2.24, 2.45) is 47.3 Å². The number of hydrogen-bond donors (Lipinski definition) is 0. The van der Waals surface area contributed by atoms with E-state index in [1.807, 2.05) is 0 Å². The van der Waals surface area contributed by atoms with Gasteiger partial charge in [-0.25, -0.2) is 0 Å². The summed E-state index contributed by atoms with van der Waals surface area (Å²) in [6.45, 7) is 16.9. The molecule has 5 saturated carbocycles. The van der Waals surface area contributed by atoms with Crippen LogP contribution in [0.4, 0.5) is 0 Å². The van der Waals surface area contributed by atoms with Gasteiger partial charge in [0, 0.05) is 15.2 Å². The number of rotatable bonds is 7. The van der Waals surface area contributed by atoms with Crippen molar-refractivity contribution in [2.75, 3.05) is 0 Å². The Morgan fingerprint density at radius 1 is 0.721 bits per heavy atom. The molecule has 0 aromatic heterocycles. The summed E-state index contributed by atoms with van der Waals surface area (Å²) >= 11 is -0.826. The topological polar surface area (TPSA) is 0 Å². The maximum absolute atomic E-state index is 4.93. The van der Waals surface area contributed by atoms with Gasteiger partial charge in [-0.05, 0) is 102 Å². The standard InChI is InChI=1S/C36H60Si2.2CH3.2ClH.Zr/c1-7-14-25(2)32-24-35(30-19-12-11-18-29(30)32)38(5,6)37(3,4)34-22-21-31-33(34)23-27-17-13-20-28(27)36(31)26-15-9-8-10-16-26;;;;;/h8-10,15-16,25,27-36H,7,11-14,17-24H2,1-6H3;2*1H3;2*1H;/q;2*-1;;;+4/p-2. The molecule has 5 aliphatic carbocycles. The second-order valence-electron chi connectivity index (χ2n) is 16.4. The van der Waals surface area contributed by atoms with Gasteiger partial charge in [0.25, 0.3) is 0 Å². The first-order chi connectivity index (χ1) is 19.7. The third-order valence-electron chi connectivity index (χ3n) is 14.7. The third kappa shape index (κ3) is 7.42. The van der Waals surface area contributed by atoms with Gasteiger partial charge in [0.1, 0.15) is 0 Å². The third-order valence-corrected chi connectivity index (χ3v) is 35.3. The van der Waals surface area contributed by atoms with E-state index < -0.39 is 36.0 Å². The Balaban J connectivity index is 0.000000973. The van der Waals surface area contributed by atoms with Crippen LogP contribution in [0.1, 0.15) is 109 Å². The van der Waals surface area contributed by atoms with Crippen molar-refractivity contribution >= 4 is 32.2 Å². The number of hydrogen-bond acceptors (Lipinski definition) is 0. The zero-order valence-electron chi connectivity index (χ0n) is 29.2. The van der Waals surface area contributed by atoms with E-state index in [1.165, 1.54) is 44.9 Å². The summed E-state index contributed by atoms with van der Waals surface area (Å²) in [6.07, 6.45) is 20.0. The van der Waals surface area contributed by atoms with Crippen LogP contribution in [-0.2, 0) is 20.8 Å². The Bertz CT molecular complexity index is 970. The van der Waals surface area contributed by atoms with Gasteiger partial charge in [-0.3, -0.25) is 0 Å². The van der Waals surface area contributed by atoms with E-state index in [0.717, 1.165) is 64.3 Å². The van der Waals surface area contributed by atoms with E-state index in [9.17, 15) is 0 Å². The maximum atomic E-state index is 4.93. The van der Waals surface area contributed by atoms with Crippen molar-refractivity contribution in [3.05, 3.63) is 50.7 Å². The number of halogens is 2. The molecule has 43 heavy (non-hydrogen) atoms. The van der Waals surface area contributed by atoms with Gasteiger partial charge in [-0.1, -0.05) is 122 Å². The minimum absolute atomic E-state index is 0. The van der Waals surface area contributed by atoms with Gasteiger partial charge in [-0.2, -0.15) is 0 Å². The van der Waals surface area contributed by atoms with Gasteiger partial charge in [0.2, 0.25) is 0 Å². The second kappa shape index (κ2) is 16.5. The normalized spacial score (nSPS) is 37.3. The van der Waals surface area contributed by atoms with Gasteiger partial charge in [0.15, 0.2) is 0 Å². The summed E-state index contributed by atoms with van der Waals surface area (Å²) in [4.78, 5) is 0. The Morgan fingerprint density at radius 2 is 1.33 bits per heavy atom. The molecule has 0 radical (unpaired) electrons. The average molecular weight is 741 g/mol. The SMILES string of the molecule is CCCC(C)C1CC([Si](C)(C)[Si](C)(C)C2CCC3C2CC2CCCC2C3c2ccccc2)C2CCCCC12.[CH3-].[CH3-].[Cl][Zr+2][Cl]. The molecule has 0 bridgehead atoms. The Hall–Kier alpha value is 1.12. The van der Waals surface area contributed by atoms with Crippen LogP contribution in [0.5, 0.6) is 0 Å². The molecule has 244 valence electrons. The first kappa shape index (κ1) is 38.6. The molecule has 1 aromatic carbocycles. The molecule has 0 amide bonds. The summed E-state index contributed by atoms with van der Waals surface area (Å²) < 4.78 is 0. The van der Waals surface area contributed by atoms with E-state index in [0.29, 0.717) is 0 Å². The van der Waals surface area contributed by atoms with Gasteiger partial charge in [0.05, 0.1) is 0 Å². The predicted octanol–water partition coefficient (Wildman–Crippen LogP) is 13.4. The molecule has 1 aromatic rings. The molecule has 5 fully saturated rings. The van der Waals surface area contributed by atoms with Gasteiger partial charge in [-0.15, -0.1) is 0 Å². The Morgan fingerprint density at radius 3 is 1.98 bits per heavy atom. The molecule has 0 aliphatic heterocycles. The molecule has 6 rings (SSSR count). The molecular weight excluding hydrogens is 675 g/mol. The van der Waals surface area contributed by atoms with Gasteiger partial charge >= 0.3 is 37.9 Å². The Kier molecular flexibility index (Phi) is 14.8. The first-order valence-electron chi connectivity index (χ1n) is 17.7. The van der Waals surface area contributed by atoms with Crippen LogP contribution in [0, 0.1) is 62.2 Å². The molecule has 0 N–H and O–H groups in total. The molecule has 11 unspecified atom stereocenters. The van der Waals surface area contributed by atoms with E-state index in [1.54, 1.807) is 44.1 Å². The monoisotopic (exact) mass is 738 g/mol. The minimum atomic E-state index is -1.37. The van der Waals surface area contributed by atoms with E-state index in [-0.39, 0.29) is 14.9 Å². The van der Waals surface area contributed by atoms with E-state index in [2.05, 4.69) is 70.4 Å². The van der Waals surface area contributed by atoms with Crippen molar-refractivity contribution in [2.45, 2.75) is 141 Å². The molecule has 5 heteroatoms. The zero-order chi connectivity index (χ0) is 29.4. The fraction of sp³-hybridized carbons (Fsp3) is 0.789. The summed E-state index contributed by atoms with van der Waals surface area (Å²) in [5.74, 6) is 9.13. The fourth-order valence-electron chi connectivity index (χ4n) is 12.4. The van der Waals surface area contributed by atoms with Crippen LogP contribution in [0.3, 0.4) is 0 Å². The summed E-state index contributed by atoms with van der Waals surface area (Å²) in [5, 5.41) is 0. The van der Waals surface area contributed by atoms with Crippen LogP contribution in [0.25, 0.3) is 0 Å². The molecule has 0 spiro atoms. The van der Waals surface area contributed by atoms with Crippen molar-refractivity contribution < 1.29 is 20.8 Å². The van der Waals surface area contributed by atoms with Crippen LogP contribution in [0.2, 0.25) is 37.3 Å². The zero-order valence-corrected chi connectivity index (χ0v) is 35.2. The van der Waals surface area contributed by atoms with Crippen LogP contribution >= 0.6 is 17.0 Å². The van der Waals surface area contributed by atoms with Crippen molar-refractivity contribution in [3.8, 4) is 0 Å². The average Bonchev–Trinajstić information content (AvgIpc) is 3.70. The molecular formula is C38H66Cl2Si2Zr. The Labute approximate surface area is 289 Å². The molecule has 5 aliphatic rings. The number of benzene rings is 1. The molecule has 0 saturated heterocycles. The van der Waals surface area contributed by atoms with Crippen molar-refractivity contribution in [1.29, 1.82) is 0 Å². The molecule has 0 heterocycles. The first-order valence-corrected chi connectivity index (χ1v) is 31.2.